The summed E-state index contributed by atoms with van der Waals surface area (Å²) in [7, 11) is -0.389. The molecule has 3 N–H and O–H groups in total. The van der Waals surface area contributed by atoms with E-state index in [1.54, 1.807) is 26.2 Å². The number of urea groups is 1. The number of piperidine rings is 1. The SMILES string of the molecule is CC(=O)Nc1ccc(S(=O)(=O)N2CCC(NC(=O)N[C@H](C(=O)N(C)C)C(C)C)CC2)cc1. The molecule has 1 aliphatic rings. The average molecular weight is 468 g/mol. The molecule has 0 aliphatic carbocycles. The van der Waals surface area contributed by atoms with Crippen LogP contribution in [0, 0.1) is 5.92 Å². The number of hydrogen-bond acceptors (Lipinski definition) is 5. The van der Waals surface area contributed by atoms with Crippen LogP contribution in [0.3, 0.4) is 0 Å². The summed E-state index contributed by atoms with van der Waals surface area (Å²) in [6.45, 7) is 5.64. The molecule has 1 aliphatic heterocycles. The number of carbonyl (C=O) groups is 3. The van der Waals surface area contributed by atoms with Crippen LogP contribution in [0.2, 0.25) is 0 Å². The Balaban J connectivity index is 1.92. The van der Waals surface area contributed by atoms with Crippen molar-refractivity contribution in [3.63, 3.8) is 0 Å². The molecule has 11 heteroatoms. The van der Waals surface area contributed by atoms with Gasteiger partial charge in [-0.2, -0.15) is 4.31 Å². The van der Waals surface area contributed by atoms with E-state index in [0.717, 1.165) is 0 Å². The third-order valence-electron chi connectivity index (χ3n) is 5.26. The zero-order valence-electron chi connectivity index (χ0n) is 19.2. The number of amides is 4. The largest absolute Gasteiger partial charge is 0.347 e. The lowest BCUT2D eigenvalue weighted by Gasteiger charge is -2.32. The summed E-state index contributed by atoms with van der Waals surface area (Å²) in [6.07, 6.45) is 0.926. The summed E-state index contributed by atoms with van der Waals surface area (Å²) in [6, 6.07) is 4.77. The van der Waals surface area contributed by atoms with Crippen molar-refractivity contribution in [3.05, 3.63) is 24.3 Å². The normalized spacial score (nSPS) is 16.3. The maximum Gasteiger partial charge on any atom is 0.315 e. The quantitative estimate of drug-likeness (QED) is 0.555. The summed E-state index contributed by atoms with van der Waals surface area (Å²) < 4.78 is 27.2. The van der Waals surface area contributed by atoms with Gasteiger partial charge in [-0.3, -0.25) is 9.59 Å². The number of benzene rings is 1. The summed E-state index contributed by atoms with van der Waals surface area (Å²) >= 11 is 0. The van der Waals surface area contributed by atoms with E-state index < -0.39 is 22.1 Å². The van der Waals surface area contributed by atoms with E-state index >= 15 is 0 Å². The highest BCUT2D eigenvalue weighted by Gasteiger charge is 2.31. The van der Waals surface area contributed by atoms with E-state index in [-0.39, 0.29) is 41.8 Å². The first-order chi connectivity index (χ1) is 14.9. The van der Waals surface area contributed by atoms with Gasteiger partial charge in [-0.05, 0) is 43.0 Å². The van der Waals surface area contributed by atoms with Crippen molar-refractivity contribution >= 4 is 33.6 Å². The maximum absolute atomic E-state index is 12.9. The molecule has 32 heavy (non-hydrogen) atoms. The molecule has 0 saturated carbocycles. The van der Waals surface area contributed by atoms with E-state index in [1.165, 1.54) is 28.3 Å². The smallest absolute Gasteiger partial charge is 0.315 e. The molecule has 10 nitrogen and oxygen atoms in total. The molecule has 1 aromatic carbocycles. The number of hydrogen-bond donors (Lipinski definition) is 3. The van der Waals surface area contributed by atoms with Gasteiger partial charge in [-0.15, -0.1) is 0 Å². The third-order valence-corrected chi connectivity index (χ3v) is 7.17. The molecule has 1 saturated heterocycles. The minimum Gasteiger partial charge on any atom is -0.347 e. The summed E-state index contributed by atoms with van der Waals surface area (Å²) in [4.78, 5) is 37.4. The molecule has 0 spiro atoms. The summed E-state index contributed by atoms with van der Waals surface area (Å²) in [5.74, 6) is -0.481. The predicted molar refractivity (Wildman–Crippen MR) is 122 cm³/mol. The van der Waals surface area contributed by atoms with Gasteiger partial charge in [0.25, 0.3) is 0 Å². The molecule has 1 heterocycles. The monoisotopic (exact) mass is 467 g/mol. The van der Waals surface area contributed by atoms with Crippen molar-refractivity contribution in [2.45, 2.75) is 50.6 Å². The third kappa shape index (κ3) is 6.67. The van der Waals surface area contributed by atoms with Crippen LogP contribution in [0.25, 0.3) is 0 Å². The van der Waals surface area contributed by atoms with Crippen molar-refractivity contribution in [1.29, 1.82) is 0 Å². The Labute approximate surface area is 189 Å². The van der Waals surface area contributed by atoms with Gasteiger partial charge >= 0.3 is 6.03 Å². The van der Waals surface area contributed by atoms with Gasteiger partial charge in [0.15, 0.2) is 0 Å². The minimum absolute atomic E-state index is 0.0697. The van der Waals surface area contributed by atoms with Crippen LogP contribution in [-0.4, -0.2) is 74.7 Å². The Kier molecular flexibility index (Phi) is 8.62. The highest BCUT2D eigenvalue weighted by molar-refractivity contribution is 7.89. The number of likely N-dealkylation sites (N-methyl/N-ethyl adjacent to an activating group) is 1. The van der Waals surface area contributed by atoms with E-state index in [0.29, 0.717) is 18.5 Å². The van der Waals surface area contributed by atoms with Crippen LogP contribution in [0.5, 0.6) is 0 Å². The van der Waals surface area contributed by atoms with Gasteiger partial charge in [0.1, 0.15) is 6.04 Å². The lowest BCUT2D eigenvalue weighted by atomic mass is 10.0. The summed E-state index contributed by atoms with van der Waals surface area (Å²) in [5.41, 5.74) is 0.526. The number of carbonyl (C=O) groups excluding carboxylic acids is 3. The minimum atomic E-state index is -3.67. The molecule has 1 atom stereocenters. The van der Waals surface area contributed by atoms with Crippen LogP contribution >= 0.6 is 0 Å². The lowest BCUT2D eigenvalue weighted by Crippen LogP contribution is -2.55. The molecule has 0 radical (unpaired) electrons. The van der Waals surface area contributed by atoms with E-state index in [4.69, 9.17) is 0 Å². The van der Waals surface area contributed by atoms with Crippen molar-refractivity contribution in [1.82, 2.24) is 19.8 Å². The Morgan fingerprint density at radius 1 is 1.06 bits per heavy atom. The Morgan fingerprint density at radius 2 is 1.62 bits per heavy atom. The van der Waals surface area contributed by atoms with E-state index in [1.807, 2.05) is 13.8 Å². The number of nitrogens with one attached hydrogen (secondary N) is 3. The molecular weight excluding hydrogens is 434 g/mol. The second-order valence-corrected chi connectivity index (χ2v) is 10.4. The highest BCUT2D eigenvalue weighted by Crippen LogP contribution is 2.22. The van der Waals surface area contributed by atoms with Crippen molar-refractivity contribution < 1.29 is 22.8 Å². The molecule has 1 fully saturated rings. The zero-order valence-corrected chi connectivity index (χ0v) is 20.0. The molecule has 0 bridgehead atoms. The first-order valence-corrected chi connectivity index (χ1v) is 12.0. The zero-order chi connectivity index (χ0) is 24.1. The topological polar surface area (TPSA) is 128 Å². The Hall–Kier alpha value is -2.66. The predicted octanol–water partition coefficient (Wildman–Crippen LogP) is 1.21. The fourth-order valence-corrected chi connectivity index (χ4v) is 4.93. The second kappa shape index (κ2) is 10.8. The first-order valence-electron chi connectivity index (χ1n) is 10.6. The first kappa shape index (κ1) is 25.6. The molecular formula is C21H33N5O5S. The van der Waals surface area contributed by atoms with Crippen LogP contribution in [0.4, 0.5) is 10.5 Å². The Morgan fingerprint density at radius 3 is 2.09 bits per heavy atom. The van der Waals surface area contributed by atoms with Crippen LogP contribution in [-0.2, 0) is 19.6 Å². The molecule has 0 unspecified atom stereocenters. The summed E-state index contributed by atoms with van der Waals surface area (Å²) in [5, 5.41) is 8.18. The van der Waals surface area contributed by atoms with Gasteiger partial charge in [0, 0.05) is 45.8 Å². The molecule has 178 valence electrons. The number of nitrogens with zero attached hydrogens (tertiary/aromatic N) is 2. The van der Waals surface area contributed by atoms with Crippen LogP contribution < -0.4 is 16.0 Å². The van der Waals surface area contributed by atoms with Crippen molar-refractivity contribution in [2.75, 3.05) is 32.5 Å². The van der Waals surface area contributed by atoms with Gasteiger partial charge in [0.2, 0.25) is 21.8 Å². The lowest BCUT2D eigenvalue weighted by molar-refractivity contribution is -0.131. The molecule has 1 aromatic rings. The van der Waals surface area contributed by atoms with Gasteiger partial charge in [0.05, 0.1) is 4.90 Å². The Bertz CT molecular complexity index is 922. The highest BCUT2D eigenvalue weighted by atomic mass is 32.2. The van der Waals surface area contributed by atoms with Crippen LogP contribution in [0.15, 0.2) is 29.2 Å². The van der Waals surface area contributed by atoms with E-state index in [2.05, 4.69) is 16.0 Å². The molecule has 4 amide bonds. The van der Waals surface area contributed by atoms with Crippen molar-refractivity contribution in [2.24, 2.45) is 5.92 Å². The number of rotatable bonds is 7. The fourth-order valence-electron chi connectivity index (χ4n) is 3.46. The maximum atomic E-state index is 12.9. The van der Waals surface area contributed by atoms with Crippen molar-refractivity contribution in [3.8, 4) is 0 Å². The van der Waals surface area contributed by atoms with E-state index in [9.17, 15) is 22.8 Å². The average Bonchev–Trinajstić information content (AvgIpc) is 2.71. The number of anilines is 1. The fraction of sp³-hybridized carbons (Fsp3) is 0.571. The molecule has 2 rings (SSSR count). The van der Waals surface area contributed by atoms with Crippen LogP contribution in [0.1, 0.15) is 33.6 Å². The molecule has 0 aromatic heterocycles. The number of sulfonamides is 1. The van der Waals surface area contributed by atoms with Gasteiger partial charge in [-0.25, -0.2) is 13.2 Å². The standard InChI is InChI=1S/C21H33N5O5S/c1-14(2)19(20(28)25(4)5)24-21(29)23-17-10-12-26(13-11-17)32(30,31)18-8-6-16(7-9-18)22-15(3)27/h6-9,14,17,19H,10-13H2,1-5H3,(H,22,27)(H2,23,24,29)/t19-/m0/s1. The second-order valence-electron chi connectivity index (χ2n) is 8.46. The van der Waals surface area contributed by atoms with Gasteiger partial charge < -0.3 is 20.9 Å². The van der Waals surface area contributed by atoms with Gasteiger partial charge in [-0.1, -0.05) is 13.8 Å².